The summed E-state index contributed by atoms with van der Waals surface area (Å²) >= 11 is 0. The predicted octanol–water partition coefficient (Wildman–Crippen LogP) is 2.55. The van der Waals surface area contributed by atoms with Gasteiger partial charge in [0.05, 0.1) is 11.5 Å². The monoisotopic (exact) mass is 400 g/mol. The van der Waals surface area contributed by atoms with Crippen LogP contribution in [-0.4, -0.2) is 39.1 Å². The van der Waals surface area contributed by atoms with Crippen molar-refractivity contribution in [2.45, 2.75) is 25.0 Å². The van der Waals surface area contributed by atoms with Crippen LogP contribution >= 0.6 is 0 Å². The van der Waals surface area contributed by atoms with Gasteiger partial charge in [-0.25, -0.2) is 8.42 Å². The second-order valence-corrected chi connectivity index (χ2v) is 9.07. The fraction of sp³-hybridized carbons (Fsp3) is 0.333. The number of rotatable bonds is 8. The van der Waals surface area contributed by atoms with Crippen LogP contribution < -0.4 is 10.2 Å². The summed E-state index contributed by atoms with van der Waals surface area (Å²) in [6, 6.07) is 16.0. The van der Waals surface area contributed by atoms with Gasteiger partial charge in [-0.3, -0.25) is 9.59 Å². The molecule has 1 saturated heterocycles. The molecule has 0 bridgehead atoms. The molecule has 28 heavy (non-hydrogen) atoms. The van der Waals surface area contributed by atoms with Crippen LogP contribution in [0.4, 0.5) is 5.69 Å². The lowest BCUT2D eigenvalue weighted by molar-refractivity contribution is -0.117. The van der Waals surface area contributed by atoms with Crippen LogP contribution in [-0.2, 0) is 20.4 Å². The Bertz CT molecular complexity index is 925. The molecule has 1 aliphatic rings. The topological polar surface area (TPSA) is 83.6 Å². The van der Waals surface area contributed by atoms with E-state index in [2.05, 4.69) is 5.32 Å². The summed E-state index contributed by atoms with van der Waals surface area (Å²) in [6.45, 7) is 1.00. The third-order valence-electron chi connectivity index (χ3n) is 4.66. The Balaban J connectivity index is 1.44. The maximum atomic E-state index is 12.2. The number of anilines is 1. The number of hydrogen-bond acceptors (Lipinski definition) is 4. The summed E-state index contributed by atoms with van der Waals surface area (Å²) in [5.41, 5.74) is 2.05. The molecule has 1 fully saturated rings. The van der Waals surface area contributed by atoms with Gasteiger partial charge in [0.15, 0.2) is 9.84 Å². The van der Waals surface area contributed by atoms with Crippen LogP contribution in [0, 0.1) is 0 Å². The average molecular weight is 401 g/mol. The number of amides is 2. The summed E-state index contributed by atoms with van der Waals surface area (Å²) in [7, 11) is -3.21. The molecule has 1 aliphatic heterocycles. The summed E-state index contributed by atoms with van der Waals surface area (Å²) in [5.74, 6) is -0.106. The largest absolute Gasteiger partial charge is 0.352 e. The molecule has 0 saturated carbocycles. The highest BCUT2D eigenvalue weighted by atomic mass is 32.2. The molecule has 0 radical (unpaired) electrons. The fourth-order valence-electron chi connectivity index (χ4n) is 3.21. The zero-order valence-electron chi connectivity index (χ0n) is 15.6. The van der Waals surface area contributed by atoms with Gasteiger partial charge in [0.1, 0.15) is 0 Å². The standard InChI is InChI=1S/C21H24N2O4S/c24-20-8-4-14-23(20)19-11-9-18(10-12-19)21(25)22-13-5-15-28(26,27)16-17-6-2-1-3-7-17/h1-3,6-7,9-12H,4-5,8,13-16H2,(H,22,25). The van der Waals surface area contributed by atoms with E-state index in [-0.39, 0.29) is 23.3 Å². The van der Waals surface area contributed by atoms with Crippen LogP contribution in [0.5, 0.6) is 0 Å². The van der Waals surface area contributed by atoms with E-state index < -0.39 is 9.84 Å². The highest BCUT2D eigenvalue weighted by Crippen LogP contribution is 2.21. The van der Waals surface area contributed by atoms with Gasteiger partial charge in [-0.1, -0.05) is 30.3 Å². The van der Waals surface area contributed by atoms with E-state index in [0.717, 1.165) is 17.7 Å². The molecule has 0 aliphatic carbocycles. The van der Waals surface area contributed by atoms with Crippen molar-refractivity contribution in [1.82, 2.24) is 5.32 Å². The molecule has 6 nitrogen and oxygen atoms in total. The first-order valence-corrected chi connectivity index (χ1v) is 11.2. The summed E-state index contributed by atoms with van der Waals surface area (Å²) < 4.78 is 24.3. The smallest absolute Gasteiger partial charge is 0.251 e. The maximum Gasteiger partial charge on any atom is 0.251 e. The number of carbonyl (C=O) groups excluding carboxylic acids is 2. The predicted molar refractivity (Wildman–Crippen MR) is 109 cm³/mol. The normalized spacial score (nSPS) is 14.3. The van der Waals surface area contributed by atoms with Gasteiger partial charge in [0.25, 0.3) is 5.91 Å². The lowest BCUT2D eigenvalue weighted by Gasteiger charge is -2.15. The Hall–Kier alpha value is -2.67. The van der Waals surface area contributed by atoms with Gasteiger partial charge in [-0.05, 0) is 42.7 Å². The number of nitrogens with zero attached hydrogens (tertiary/aromatic N) is 1. The number of carbonyl (C=O) groups is 2. The van der Waals surface area contributed by atoms with E-state index in [1.807, 2.05) is 18.2 Å². The minimum Gasteiger partial charge on any atom is -0.352 e. The molecule has 1 N–H and O–H groups in total. The number of benzene rings is 2. The minimum atomic E-state index is -3.21. The summed E-state index contributed by atoms with van der Waals surface area (Å²) in [5, 5.41) is 2.75. The van der Waals surface area contributed by atoms with Gasteiger partial charge in [0, 0.05) is 30.8 Å². The molecule has 0 aromatic heterocycles. The number of sulfone groups is 1. The Morgan fingerprint density at radius 1 is 1.04 bits per heavy atom. The van der Waals surface area contributed by atoms with E-state index in [1.54, 1.807) is 41.3 Å². The van der Waals surface area contributed by atoms with E-state index in [0.29, 0.717) is 31.5 Å². The molecule has 2 aromatic carbocycles. The van der Waals surface area contributed by atoms with Crippen LogP contribution in [0.25, 0.3) is 0 Å². The van der Waals surface area contributed by atoms with Crippen molar-refractivity contribution < 1.29 is 18.0 Å². The summed E-state index contributed by atoms with van der Waals surface area (Å²) in [6.07, 6.45) is 1.78. The van der Waals surface area contributed by atoms with Crippen molar-refractivity contribution in [3.63, 3.8) is 0 Å². The highest BCUT2D eigenvalue weighted by Gasteiger charge is 2.21. The van der Waals surface area contributed by atoms with Crippen molar-refractivity contribution >= 4 is 27.3 Å². The van der Waals surface area contributed by atoms with Gasteiger partial charge in [-0.2, -0.15) is 0 Å². The molecular weight excluding hydrogens is 376 g/mol. The average Bonchev–Trinajstić information content (AvgIpc) is 3.11. The zero-order chi connectivity index (χ0) is 20.0. The molecule has 2 amide bonds. The second-order valence-electron chi connectivity index (χ2n) is 6.88. The van der Waals surface area contributed by atoms with Crippen LogP contribution in [0.1, 0.15) is 35.2 Å². The van der Waals surface area contributed by atoms with Crippen LogP contribution in [0.2, 0.25) is 0 Å². The van der Waals surface area contributed by atoms with E-state index >= 15 is 0 Å². The minimum absolute atomic E-state index is 0.0124. The molecule has 0 spiro atoms. The Morgan fingerprint density at radius 2 is 1.75 bits per heavy atom. The molecule has 0 atom stereocenters. The molecule has 1 heterocycles. The zero-order valence-corrected chi connectivity index (χ0v) is 16.5. The second kappa shape index (κ2) is 9.01. The Morgan fingerprint density at radius 3 is 2.39 bits per heavy atom. The Kier molecular flexibility index (Phi) is 6.46. The Labute approximate surface area is 165 Å². The molecule has 0 unspecified atom stereocenters. The molecule has 7 heteroatoms. The SMILES string of the molecule is O=C(NCCCS(=O)(=O)Cc1ccccc1)c1ccc(N2CCCC2=O)cc1. The molecule has 2 aromatic rings. The van der Waals surface area contributed by atoms with Gasteiger partial charge >= 0.3 is 0 Å². The number of nitrogens with one attached hydrogen (secondary N) is 1. The van der Waals surface area contributed by atoms with Crippen molar-refractivity contribution in [3.05, 3.63) is 65.7 Å². The van der Waals surface area contributed by atoms with E-state index in [9.17, 15) is 18.0 Å². The van der Waals surface area contributed by atoms with Crippen molar-refractivity contribution in [2.24, 2.45) is 0 Å². The third kappa shape index (κ3) is 5.42. The lowest BCUT2D eigenvalue weighted by atomic mass is 10.2. The first-order valence-electron chi connectivity index (χ1n) is 9.38. The van der Waals surface area contributed by atoms with Gasteiger partial charge in [-0.15, -0.1) is 0 Å². The third-order valence-corrected chi connectivity index (χ3v) is 6.35. The van der Waals surface area contributed by atoms with E-state index in [4.69, 9.17) is 0 Å². The molecular formula is C21H24N2O4S. The lowest BCUT2D eigenvalue weighted by Crippen LogP contribution is -2.26. The van der Waals surface area contributed by atoms with E-state index in [1.165, 1.54) is 0 Å². The first kappa shape index (κ1) is 20.1. The van der Waals surface area contributed by atoms with Gasteiger partial charge < -0.3 is 10.2 Å². The molecule has 148 valence electrons. The molecule has 3 rings (SSSR count). The van der Waals surface area contributed by atoms with Crippen molar-refractivity contribution in [3.8, 4) is 0 Å². The highest BCUT2D eigenvalue weighted by molar-refractivity contribution is 7.90. The van der Waals surface area contributed by atoms with Crippen molar-refractivity contribution in [1.29, 1.82) is 0 Å². The fourth-order valence-corrected chi connectivity index (χ4v) is 4.64. The first-order chi connectivity index (χ1) is 13.4. The van der Waals surface area contributed by atoms with Crippen LogP contribution in [0.3, 0.4) is 0 Å². The van der Waals surface area contributed by atoms with Gasteiger partial charge in [0.2, 0.25) is 5.91 Å². The van der Waals surface area contributed by atoms with Crippen LogP contribution in [0.15, 0.2) is 54.6 Å². The maximum absolute atomic E-state index is 12.2. The number of hydrogen-bond donors (Lipinski definition) is 1. The van der Waals surface area contributed by atoms with Crippen molar-refractivity contribution in [2.75, 3.05) is 23.7 Å². The summed E-state index contributed by atoms with van der Waals surface area (Å²) in [4.78, 5) is 25.7. The quantitative estimate of drug-likeness (QED) is 0.690.